The molecule has 3 heterocycles. The molecule has 12 N–H and O–H groups in total. The third-order valence-corrected chi connectivity index (χ3v) is 24.9. The van der Waals surface area contributed by atoms with Gasteiger partial charge in [0, 0.05) is 94.2 Å². The summed E-state index contributed by atoms with van der Waals surface area (Å²) >= 11 is 7.44. The number of rotatable bonds is 37. The van der Waals surface area contributed by atoms with E-state index in [0.717, 1.165) is 65.1 Å². The molecule has 0 radical (unpaired) electrons. The average molecular weight is 2190 g/mol. The summed E-state index contributed by atoms with van der Waals surface area (Å²) < 4.78 is 56.6. The minimum absolute atomic E-state index is 0. The molecule has 0 aliphatic heterocycles. The number of non-ortho nitro benzene ring substituents is 3. The summed E-state index contributed by atoms with van der Waals surface area (Å²) in [5, 5.41) is 61.0. The van der Waals surface area contributed by atoms with Gasteiger partial charge in [0.15, 0.2) is 16.1 Å². The van der Waals surface area contributed by atoms with Gasteiger partial charge in [0.2, 0.25) is 17.7 Å². The smallest absolute Gasteiger partial charge is 0.408 e. The van der Waals surface area contributed by atoms with Crippen LogP contribution in [0.15, 0.2) is 295 Å². The van der Waals surface area contributed by atoms with Gasteiger partial charge < -0.3 is 66.9 Å². The molecule has 0 spiro atoms. The number of carbonyl (C=O) groups is 8. The van der Waals surface area contributed by atoms with Gasteiger partial charge in [0.25, 0.3) is 17.1 Å². The molecule has 0 aliphatic carbocycles. The minimum Gasteiger partial charge on any atom is -0.731 e. The molecule has 10 aromatic carbocycles. The van der Waals surface area contributed by atoms with Crippen molar-refractivity contribution in [2.75, 3.05) is 10.1 Å². The first-order valence-corrected chi connectivity index (χ1v) is 51.9. The predicted octanol–water partition coefficient (Wildman–Crippen LogP) is 21.7. The summed E-state index contributed by atoms with van der Waals surface area (Å²) in [6, 6.07) is 76.5. The van der Waals surface area contributed by atoms with Crippen LogP contribution in [0.3, 0.4) is 0 Å². The highest BCUT2D eigenvalue weighted by molar-refractivity contribution is 9.09. The Morgan fingerprint density at radius 3 is 0.767 bits per heavy atom. The van der Waals surface area contributed by atoms with Gasteiger partial charge in [0.1, 0.15) is 55.6 Å². The van der Waals surface area contributed by atoms with Crippen molar-refractivity contribution in [3.8, 4) is 31.7 Å². The van der Waals surface area contributed by atoms with Crippen molar-refractivity contribution in [2.45, 2.75) is 200 Å². The number of halogens is 1. The van der Waals surface area contributed by atoms with Gasteiger partial charge >= 0.3 is 24.4 Å². The zero-order chi connectivity index (χ0) is 107. The molecule has 0 unspecified atom stereocenters. The van der Waals surface area contributed by atoms with Crippen LogP contribution >= 0.6 is 49.9 Å². The number of nitrogens with one attached hydrogen (secondary N) is 8. The van der Waals surface area contributed by atoms with E-state index >= 15 is 0 Å². The Kier molecular flexibility index (Phi) is 45.3. The molecule has 0 fully saturated rings. The number of hydrogen-bond donors (Lipinski definition) is 9. The highest BCUT2D eigenvalue weighted by Crippen LogP contribution is 2.34. The summed E-state index contributed by atoms with van der Waals surface area (Å²) in [5.41, 5.74) is 7.59. The van der Waals surface area contributed by atoms with Crippen molar-refractivity contribution >= 4 is 131 Å². The van der Waals surface area contributed by atoms with Crippen molar-refractivity contribution in [1.82, 2.24) is 58.3 Å². The lowest BCUT2D eigenvalue weighted by Gasteiger charge is -2.25. The first-order chi connectivity index (χ1) is 70.1. The van der Waals surface area contributed by atoms with Crippen molar-refractivity contribution in [3.63, 3.8) is 0 Å². The molecule has 7 amide bonds. The maximum atomic E-state index is 13.8. The van der Waals surface area contributed by atoms with Gasteiger partial charge in [-0.15, -0.1) is 34.0 Å². The summed E-state index contributed by atoms with van der Waals surface area (Å²) in [4.78, 5) is 149. The fraction of sp³-hybridized carbons (Fsp3) is 0.294. The number of alkyl halides is 1. The van der Waals surface area contributed by atoms with Gasteiger partial charge in [-0.1, -0.05) is 254 Å². The number of carbonyl (C=O) groups excluding carboxylic acids is 8. The van der Waals surface area contributed by atoms with E-state index in [-0.39, 0.29) is 73.1 Å². The molecule has 3 aromatic heterocycles. The second-order valence-electron chi connectivity index (χ2n) is 37.8. The number of aromatic nitrogens is 3. The van der Waals surface area contributed by atoms with Gasteiger partial charge in [-0.05, 0) is 160 Å². The number of benzene rings is 10. The molecule has 41 heteroatoms. The number of quaternary nitrogens is 1. The number of ether oxygens (including phenoxy) is 4. The highest BCUT2D eigenvalue weighted by Gasteiger charge is 2.34. The number of anilines is 1. The quantitative estimate of drug-likeness (QED) is 0.00574. The van der Waals surface area contributed by atoms with Crippen LogP contribution in [-0.2, 0) is 93.4 Å². The van der Waals surface area contributed by atoms with Crippen LogP contribution < -0.4 is 48.1 Å². The van der Waals surface area contributed by atoms with E-state index in [2.05, 4.69) is 53.1 Å². The Bertz CT molecular complexity index is 6480. The molecule has 792 valence electrons. The lowest BCUT2D eigenvalue weighted by atomic mass is 10.0. The van der Waals surface area contributed by atoms with Crippen LogP contribution in [-0.4, -0.2) is 142 Å². The first-order valence-electron chi connectivity index (χ1n) is 46.8. The lowest BCUT2D eigenvalue weighted by Crippen LogP contribution is -2.50. The molecule has 36 nitrogen and oxygen atoms in total. The largest absolute Gasteiger partial charge is 0.731 e. The highest BCUT2D eigenvalue weighted by atomic mass is 79.9. The Morgan fingerprint density at radius 1 is 0.327 bits per heavy atom. The number of nitro benzene ring substituents is 3. The monoisotopic (exact) mass is 2190 g/mol. The molecule has 7 atom stereocenters. The molecule has 0 bridgehead atoms. The Labute approximate surface area is 891 Å². The first kappa shape index (κ1) is 120. The molecular formula is C109H124BrN15O21S4. The summed E-state index contributed by atoms with van der Waals surface area (Å²) in [6.45, 7) is 20.9. The van der Waals surface area contributed by atoms with Crippen molar-refractivity contribution in [1.29, 1.82) is 0 Å². The zero-order valence-electron chi connectivity index (χ0n) is 84.3. The van der Waals surface area contributed by atoms with Crippen LogP contribution in [0.1, 0.15) is 165 Å². The third-order valence-electron chi connectivity index (χ3n) is 21.1. The van der Waals surface area contributed by atoms with Gasteiger partial charge in [-0.3, -0.25) is 54.2 Å². The standard InChI is InChI=1S/C31H34N4O6S2.2C31H32N4O5S.C15H19BrN2O5.CH4.H3N/c1-31(2,3)41-30(37)34-26(19-21-10-6-4-7-11-21)28(36)32-25(18-22-14-16-24(17-15-22)35-43(38,39)40)27-20-42-29(33-27)23-12-8-5-9-13-23;2*1-31(2,3)40-30(37)34-26(19-21-10-6-4-7-11-21)28(36)32-25(18-22-14-16-24(17-15-22)35(38)39)27-20-41-29(33-27)23-12-8-5-9-13-23;1-15(2,3)23-14(20)17-12(13(19)9-16)8-10-4-6-11(7-5-10)18(21)22;;/h4-17,20,25-26,35H,18-19H2,1-3H3,(H,32,36)(H,34,37)(H,38,39,40);2*4-17,20,25-26H,18-19H2,1-3H3,(H,32,36)(H,34,37);4-7,12H,8-9H2,1-3H3,(H,17,20);1H4;1H3/t3*25-,26-;12-;;/m0000../s1. The SMILES string of the molecule is C.CC(C)(C)OC(=O)N[C@@H](Cc1ccc([N+](=O)[O-])cc1)C(=O)CBr.CC(C)(C)OC(=O)N[C@@H](Cc1ccccc1)C(=O)N[C@@H](Cc1ccc(NS(=O)(=O)[O-])cc1)c1csc(-c2ccccc2)n1.CC(C)(C)OC(=O)N[C@@H](Cc1ccccc1)C(=O)N[C@@H](Cc1ccc([N+](=O)[O-])cc1)c1csc(-c2ccccc2)n1.CC(C)(C)OC(=O)N[C@@H](Cc1ccccc1)C(=O)N[C@@H](Cc1ccc([N+](=O)[O-])cc1)c1csc(-c2ccccc2)n1.[NH4+]. The van der Waals surface area contributed by atoms with Gasteiger partial charge in [0.05, 0.1) is 61.3 Å². The Hall–Kier alpha value is -15.4. The van der Waals surface area contributed by atoms with Crippen LogP contribution in [0, 0.1) is 30.3 Å². The molecule has 0 aliphatic rings. The van der Waals surface area contributed by atoms with Crippen molar-refractivity contribution < 1.29 is 85.0 Å². The van der Waals surface area contributed by atoms with Crippen molar-refractivity contribution in [2.24, 2.45) is 0 Å². The number of hydrogen-bond acceptors (Lipinski definition) is 27. The van der Waals surface area contributed by atoms with Gasteiger partial charge in [-0.2, -0.15) is 0 Å². The Balaban J connectivity index is 0.000000247. The normalized spacial score (nSPS) is 12.5. The second kappa shape index (κ2) is 56.7. The third kappa shape index (κ3) is 41.7. The van der Waals surface area contributed by atoms with Crippen molar-refractivity contribution in [3.05, 3.63) is 382 Å². The predicted molar refractivity (Wildman–Crippen MR) is 584 cm³/mol. The summed E-state index contributed by atoms with van der Waals surface area (Å²) in [7, 11) is -4.66. The van der Waals surface area contributed by atoms with E-state index < -0.39 is 132 Å². The molecule has 0 saturated carbocycles. The maximum absolute atomic E-state index is 13.8. The zero-order valence-corrected chi connectivity index (χ0v) is 89.1. The van der Waals surface area contributed by atoms with E-state index in [1.165, 1.54) is 82.5 Å². The summed E-state index contributed by atoms with van der Waals surface area (Å²) in [5.74, 6) is -1.44. The fourth-order valence-corrected chi connectivity index (χ4v) is 17.8. The Morgan fingerprint density at radius 2 is 0.540 bits per heavy atom. The molecule has 13 aromatic rings. The maximum Gasteiger partial charge on any atom is 0.408 e. The number of amides is 7. The van der Waals surface area contributed by atoms with E-state index in [1.54, 1.807) is 132 Å². The number of thiazole rings is 3. The molecule has 150 heavy (non-hydrogen) atoms. The summed E-state index contributed by atoms with van der Waals surface area (Å²) in [6.07, 6.45) is -0.838. The van der Waals surface area contributed by atoms with Crippen LogP contribution in [0.25, 0.3) is 31.7 Å². The van der Waals surface area contributed by atoms with Gasteiger partial charge in [-0.25, -0.2) is 42.5 Å². The number of alkyl carbamates (subject to hydrolysis) is 4. The number of nitro groups is 3. The topological polar surface area (TPSA) is 532 Å². The molecule has 0 saturated heterocycles. The van der Waals surface area contributed by atoms with Crippen LogP contribution in [0.2, 0.25) is 0 Å². The van der Waals surface area contributed by atoms with E-state index in [0.29, 0.717) is 41.9 Å². The van der Waals surface area contributed by atoms with Crippen LogP contribution in [0.5, 0.6) is 0 Å². The lowest BCUT2D eigenvalue weighted by molar-refractivity contribution is -0.385. The minimum atomic E-state index is -4.66. The van der Waals surface area contributed by atoms with Crippen LogP contribution in [0.4, 0.5) is 41.9 Å². The number of nitrogens with zero attached hydrogens (tertiary/aromatic N) is 6. The number of Topliss-reactive ketones (excluding diaryl/α,β-unsaturated/α-hetero) is 1. The fourth-order valence-electron chi connectivity index (χ4n) is 14.4. The molecular weight excluding hydrogens is 2060 g/mol. The second-order valence-corrected chi connectivity index (χ2v) is 42.1. The van der Waals surface area contributed by atoms with E-state index in [1.807, 2.05) is 203 Å². The molecule has 13 rings (SSSR count). The number of ketones is 1. The van der Waals surface area contributed by atoms with E-state index in [9.17, 15) is 81.7 Å². The average Bonchev–Trinajstić information content (AvgIpc) is 1.68. The van der Waals surface area contributed by atoms with E-state index in [4.69, 9.17) is 33.9 Å².